The van der Waals surface area contributed by atoms with E-state index in [1.165, 1.54) is 36.2 Å². The number of aryl methyl sites for hydroxylation is 1. The van der Waals surface area contributed by atoms with E-state index in [0.29, 0.717) is 12.2 Å². The van der Waals surface area contributed by atoms with Gasteiger partial charge >= 0.3 is 6.36 Å². The average Bonchev–Trinajstić information content (AvgIpc) is 3.00. The third kappa shape index (κ3) is 5.63. The van der Waals surface area contributed by atoms with Crippen molar-refractivity contribution in [1.82, 2.24) is 15.0 Å². The maximum absolute atomic E-state index is 12.4. The van der Waals surface area contributed by atoms with Crippen LogP contribution in [0.4, 0.5) is 13.2 Å². The minimum atomic E-state index is -4.81. The lowest BCUT2D eigenvalue weighted by Gasteiger charge is -2.13. The molecule has 0 unspecified atom stereocenters. The number of para-hydroxylation sites is 1. The number of benzene rings is 1. The largest absolute Gasteiger partial charge is 0.573 e. The molecule has 0 spiro atoms. The highest BCUT2D eigenvalue weighted by Gasteiger charge is 2.31. The molecule has 9 heteroatoms. The number of amides is 1. The van der Waals surface area contributed by atoms with Crippen LogP contribution in [-0.4, -0.2) is 34.4 Å². The van der Waals surface area contributed by atoms with Crippen LogP contribution < -0.4 is 4.74 Å². The van der Waals surface area contributed by atoms with Crippen LogP contribution in [0.2, 0.25) is 0 Å². The zero-order chi connectivity index (χ0) is 18.4. The van der Waals surface area contributed by atoms with Gasteiger partial charge in [0.1, 0.15) is 5.75 Å². The van der Waals surface area contributed by atoms with Gasteiger partial charge in [0, 0.05) is 25.1 Å². The van der Waals surface area contributed by atoms with Crippen molar-refractivity contribution >= 4 is 12.0 Å². The van der Waals surface area contributed by atoms with Crippen molar-refractivity contribution in [3.63, 3.8) is 0 Å². The van der Waals surface area contributed by atoms with E-state index in [4.69, 9.17) is 4.52 Å². The third-order valence-electron chi connectivity index (χ3n) is 3.13. The van der Waals surface area contributed by atoms with E-state index in [0.717, 1.165) is 6.08 Å². The molecule has 0 saturated carbocycles. The van der Waals surface area contributed by atoms with Crippen LogP contribution in [0, 0.1) is 0 Å². The second kappa shape index (κ2) is 7.82. The summed E-state index contributed by atoms with van der Waals surface area (Å²) in [7, 11) is 1.51. The quantitative estimate of drug-likeness (QED) is 0.745. The fourth-order valence-corrected chi connectivity index (χ4v) is 1.90. The highest BCUT2D eigenvalue weighted by molar-refractivity contribution is 5.91. The van der Waals surface area contributed by atoms with Gasteiger partial charge in [-0.3, -0.25) is 4.79 Å². The van der Waals surface area contributed by atoms with E-state index in [9.17, 15) is 18.0 Å². The maximum Gasteiger partial charge on any atom is 0.573 e. The molecule has 0 fully saturated rings. The van der Waals surface area contributed by atoms with Crippen molar-refractivity contribution in [1.29, 1.82) is 0 Å². The molecule has 6 nitrogen and oxygen atoms in total. The number of likely N-dealkylation sites (N-methyl/N-ethyl adjacent to an activating group) is 1. The fraction of sp³-hybridized carbons (Fsp3) is 0.312. The Balaban J connectivity index is 2.04. The van der Waals surface area contributed by atoms with Crippen LogP contribution in [-0.2, 0) is 17.8 Å². The molecule has 0 saturated heterocycles. The number of carbonyl (C=O) groups excluding carboxylic acids is 1. The summed E-state index contributed by atoms with van der Waals surface area (Å²) in [6, 6.07) is 5.54. The first-order valence-corrected chi connectivity index (χ1v) is 7.38. The van der Waals surface area contributed by atoms with Gasteiger partial charge in [-0.25, -0.2) is 0 Å². The third-order valence-corrected chi connectivity index (χ3v) is 3.13. The predicted molar refractivity (Wildman–Crippen MR) is 82.3 cm³/mol. The van der Waals surface area contributed by atoms with Gasteiger partial charge in [0.2, 0.25) is 11.8 Å². The van der Waals surface area contributed by atoms with Gasteiger partial charge in [0.25, 0.3) is 0 Å². The molecule has 0 aliphatic heterocycles. The normalized spacial score (nSPS) is 11.7. The molecule has 1 heterocycles. The topological polar surface area (TPSA) is 68.5 Å². The second-order valence-electron chi connectivity index (χ2n) is 5.07. The first kappa shape index (κ1) is 18.5. The molecule has 0 N–H and O–H groups in total. The van der Waals surface area contributed by atoms with Crippen molar-refractivity contribution in [2.45, 2.75) is 26.3 Å². The molecule has 0 aliphatic carbocycles. The number of nitrogens with zero attached hydrogens (tertiary/aromatic N) is 3. The summed E-state index contributed by atoms with van der Waals surface area (Å²) >= 11 is 0. The smallest absolute Gasteiger partial charge is 0.405 e. The lowest BCUT2D eigenvalue weighted by Crippen LogP contribution is -2.24. The summed E-state index contributed by atoms with van der Waals surface area (Å²) in [6.07, 6.45) is -1.79. The molecule has 0 bridgehead atoms. The molecule has 25 heavy (non-hydrogen) atoms. The fourth-order valence-electron chi connectivity index (χ4n) is 1.90. The van der Waals surface area contributed by atoms with Gasteiger partial charge in [-0.05, 0) is 12.1 Å². The van der Waals surface area contributed by atoms with E-state index in [2.05, 4.69) is 14.9 Å². The molecule has 134 valence electrons. The standard InChI is InChI=1S/C16H16F3N3O3/c1-3-13-20-14(25-21-13)10-22(2)15(23)9-8-11-6-4-5-7-12(11)24-16(17,18)19/h4-9H,3,10H2,1-2H3/b9-8-. The van der Waals surface area contributed by atoms with Gasteiger partial charge in [-0.2, -0.15) is 4.98 Å². The Hall–Kier alpha value is -2.84. The van der Waals surface area contributed by atoms with E-state index >= 15 is 0 Å². The van der Waals surface area contributed by atoms with Crippen molar-refractivity contribution < 1.29 is 27.2 Å². The van der Waals surface area contributed by atoms with Crippen LogP contribution in [0.3, 0.4) is 0 Å². The molecule has 2 rings (SSSR count). The molecule has 0 aliphatic rings. The highest BCUT2D eigenvalue weighted by Crippen LogP contribution is 2.27. The molecule has 2 aromatic rings. The van der Waals surface area contributed by atoms with E-state index in [1.807, 2.05) is 6.92 Å². The SMILES string of the molecule is CCc1noc(CN(C)C(=O)/C=C\c2ccccc2OC(F)(F)F)n1. The van der Waals surface area contributed by atoms with Crippen LogP contribution >= 0.6 is 0 Å². The number of alkyl halides is 3. The van der Waals surface area contributed by atoms with Gasteiger partial charge in [0.15, 0.2) is 5.82 Å². The van der Waals surface area contributed by atoms with Crippen LogP contribution in [0.5, 0.6) is 5.75 Å². The highest BCUT2D eigenvalue weighted by atomic mass is 19.4. The number of carbonyl (C=O) groups is 1. The van der Waals surface area contributed by atoms with E-state index in [-0.39, 0.29) is 23.7 Å². The Morgan fingerprint density at radius 1 is 1.36 bits per heavy atom. The molecular weight excluding hydrogens is 339 g/mol. The van der Waals surface area contributed by atoms with E-state index in [1.54, 1.807) is 6.07 Å². The molecular formula is C16H16F3N3O3. The Morgan fingerprint density at radius 2 is 2.08 bits per heavy atom. The minimum Gasteiger partial charge on any atom is -0.405 e. The summed E-state index contributed by atoms with van der Waals surface area (Å²) in [5.41, 5.74) is 0.132. The van der Waals surface area contributed by atoms with Crippen molar-refractivity contribution in [2.75, 3.05) is 7.05 Å². The number of halogens is 3. The van der Waals surface area contributed by atoms with Crippen LogP contribution in [0.1, 0.15) is 24.2 Å². The Morgan fingerprint density at radius 3 is 2.72 bits per heavy atom. The monoisotopic (exact) mass is 355 g/mol. The summed E-state index contributed by atoms with van der Waals surface area (Å²) in [5, 5.41) is 3.72. The average molecular weight is 355 g/mol. The summed E-state index contributed by atoms with van der Waals surface area (Å²) in [5.74, 6) is -0.00391. The molecule has 1 aromatic heterocycles. The Kier molecular flexibility index (Phi) is 5.79. The van der Waals surface area contributed by atoms with Gasteiger partial charge in [0.05, 0.1) is 6.54 Å². The first-order chi connectivity index (χ1) is 11.8. The number of hydrogen-bond donors (Lipinski definition) is 0. The molecule has 0 radical (unpaired) electrons. The zero-order valence-corrected chi connectivity index (χ0v) is 13.6. The number of rotatable bonds is 6. The maximum atomic E-state index is 12.4. The van der Waals surface area contributed by atoms with E-state index < -0.39 is 12.3 Å². The number of ether oxygens (including phenoxy) is 1. The van der Waals surface area contributed by atoms with Gasteiger partial charge < -0.3 is 14.2 Å². The minimum absolute atomic E-state index is 0.0941. The van der Waals surface area contributed by atoms with Gasteiger partial charge in [-0.1, -0.05) is 30.3 Å². The zero-order valence-electron chi connectivity index (χ0n) is 13.6. The van der Waals surface area contributed by atoms with Gasteiger partial charge in [-0.15, -0.1) is 13.2 Å². The van der Waals surface area contributed by atoms with Crippen molar-refractivity contribution in [3.05, 3.63) is 47.6 Å². The summed E-state index contributed by atoms with van der Waals surface area (Å²) in [6.45, 7) is 1.96. The lowest BCUT2D eigenvalue weighted by atomic mass is 10.2. The van der Waals surface area contributed by atoms with Crippen LogP contribution in [0.25, 0.3) is 6.08 Å². The number of aromatic nitrogens is 2. The summed E-state index contributed by atoms with van der Waals surface area (Å²) in [4.78, 5) is 17.5. The molecule has 1 amide bonds. The van der Waals surface area contributed by atoms with Crippen molar-refractivity contribution in [2.24, 2.45) is 0 Å². The molecule has 1 aromatic carbocycles. The van der Waals surface area contributed by atoms with Crippen LogP contribution in [0.15, 0.2) is 34.9 Å². The first-order valence-electron chi connectivity index (χ1n) is 7.38. The number of hydrogen-bond acceptors (Lipinski definition) is 5. The Bertz CT molecular complexity index is 756. The Labute approximate surface area is 141 Å². The van der Waals surface area contributed by atoms with Crippen molar-refractivity contribution in [3.8, 4) is 5.75 Å². The predicted octanol–water partition coefficient (Wildman–Crippen LogP) is 3.20. The lowest BCUT2D eigenvalue weighted by molar-refractivity contribution is -0.274. The molecule has 0 atom stereocenters. The second-order valence-corrected chi connectivity index (χ2v) is 5.07. The summed E-state index contributed by atoms with van der Waals surface area (Å²) < 4.78 is 46.0.